The van der Waals surface area contributed by atoms with E-state index in [-0.39, 0.29) is 23.3 Å². The average Bonchev–Trinajstić information content (AvgIpc) is 2.76. The number of nitrogens with zero attached hydrogens (tertiary/aromatic N) is 1. The molecular formula is C25H31ClN2O3S. The van der Waals surface area contributed by atoms with Gasteiger partial charge in [-0.2, -0.15) is 4.31 Å². The van der Waals surface area contributed by atoms with Gasteiger partial charge in [-0.15, -0.1) is 0 Å². The fourth-order valence-electron chi connectivity index (χ4n) is 4.93. The molecule has 1 amide bonds. The van der Waals surface area contributed by atoms with Crippen LogP contribution in [0.25, 0.3) is 0 Å². The van der Waals surface area contributed by atoms with Crippen LogP contribution in [0.15, 0.2) is 53.4 Å². The minimum atomic E-state index is -3.77. The Morgan fingerprint density at radius 1 is 0.969 bits per heavy atom. The first-order valence-electron chi connectivity index (χ1n) is 11.6. The number of nitrogens with one attached hydrogen (secondary N) is 1. The van der Waals surface area contributed by atoms with Crippen molar-refractivity contribution in [3.63, 3.8) is 0 Å². The zero-order chi connectivity index (χ0) is 22.6. The van der Waals surface area contributed by atoms with Gasteiger partial charge in [0.2, 0.25) is 15.9 Å². The predicted molar refractivity (Wildman–Crippen MR) is 127 cm³/mol. The molecule has 1 atom stereocenters. The first-order chi connectivity index (χ1) is 15.4. The number of sulfonamides is 1. The number of halogens is 1. The van der Waals surface area contributed by atoms with E-state index in [1.807, 2.05) is 24.3 Å². The van der Waals surface area contributed by atoms with Gasteiger partial charge < -0.3 is 5.32 Å². The lowest BCUT2D eigenvalue weighted by atomic mass is 9.92. The monoisotopic (exact) mass is 474 g/mol. The lowest BCUT2D eigenvalue weighted by molar-refractivity contribution is -0.122. The fourth-order valence-corrected chi connectivity index (χ4v) is 6.66. The third kappa shape index (κ3) is 5.36. The van der Waals surface area contributed by atoms with Crippen molar-refractivity contribution in [2.45, 2.75) is 74.8 Å². The quantitative estimate of drug-likeness (QED) is 0.643. The molecule has 2 aliphatic rings. The van der Waals surface area contributed by atoms with Crippen LogP contribution >= 0.6 is 11.6 Å². The number of hydrogen-bond acceptors (Lipinski definition) is 3. The second kappa shape index (κ2) is 10.4. The normalized spacial score (nSPS) is 20.7. The van der Waals surface area contributed by atoms with E-state index in [0.717, 1.165) is 36.8 Å². The summed E-state index contributed by atoms with van der Waals surface area (Å²) < 4.78 is 28.5. The summed E-state index contributed by atoms with van der Waals surface area (Å²) in [4.78, 5) is 13.3. The minimum absolute atomic E-state index is 0.0754. The van der Waals surface area contributed by atoms with Crippen LogP contribution in [0.1, 0.15) is 68.5 Å². The summed E-state index contributed by atoms with van der Waals surface area (Å²) in [6.45, 7) is 0.351. The molecule has 0 radical (unpaired) electrons. The number of hydrogen-bond donors (Lipinski definition) is 1. The van der Waals surface area contributed by atoms with Crippen molar-refractivity contribution in [3.8, 4) is 0 Å². The Bertz CT molecular complexity index is 1030. The molecule has 32 heavy (non-hydrogen) atoms. The van der Waals surface area contributed by atoms with E-state index in [9.17, 15) is 13.2 Å². The van der Waals surface area contributed by atoms with Crippen LogP contribution in [0.2, 0.25) is 5.02 Å². The fraction of sp³-hybridized carbons (Fsp3) is 0.480. The Labute approximate surface area is 196 Å². The summed E-state index contributed by atoms with van der Waals surface area (Å²) in [5.74, 6) is -0.0754. The molecule has 7 heteroatoms. The van der Waals surface area contributed by atoms with E-state index in [0.29, 0.717) is 18.0 Å². The molecule has 1 N–H and O–H groups in total. The SMILES string of the molecule is O=C(C[C@H]1c2ccccc2CCN1S(=O)(=O)c1ccc(Cl)cc1)NC1CCCCCCC1. The van der Waals surface area contributed by atoms with Gasteiger partial charge in [0.15, 0.2) is 0 Å². The van der Waals surface area contributed by atoms with Gasteiger partial charge in [0.1, 0.15) is 0 Å². The van der Waals surface area contributed by atoms with Crippen LogP contribution in [-0.2, 0) is 21.2 Å². The maximum absolute atomic E-state index is 13.5. The van der Waals surface area contributed by atoms with Gasteiger partial charge >= 0.3 is 0 Å². The third-order valence-corrected chi connectivity index (χ3v) is 8.81. The molecule has 0 unspecified atom stereocenters. The molecule has 1 heterocycles. The van der Waals surface area contributed by atoms with E-state index in [2.05, 4.69) is 5.32 Å². The Hall–Kier alpha value is -1.89. The van der Waals surface area contributed by atoms with Crippen molar-refractivity contribution >= 4 is 27.5 Å². The molecule has 0 bridgehead atoms. The molecule has 0 spiro atoms. The summed E-state index contributed by atoms with van der Waals surface area (Å²) in [7, 11) is -3.77. The first-order valence-corrected chi connectivity index (χ1v) is 13.4. The molecule has 4 rings (SSSR count). The summed E-state index contributed by atoms with van der Waals surface area (Å²) >= 11 is 5.97. The van der Waals surface area contributed by atoms with Gasteiger partial charge in [0.05, 0.1) is 10.9 Å². The van der Waals surface area contributed by atoms with E-state index >= 15 is 0 Å². The van der Waals surface area contributed by atoms with Crippen LogP contribution in [-0.4, -0.2) is 31.2 Å². The van der Waals surface area contributed by atoms with Gasteiger partial charge in [-0.25, -0.2) is 8.42 Å². The van der Waals surface area contributed by atoms with Crippen LogP contribution in [0, 0.1) is 0 Å². The van der Waals surface area contributed by atoms with Crippen LogP contribution in [0.3, 0.4) is 0 Å². The standard InChI is InChI=1S/C25H31ClN2O3S/c26-20-12-14-22(15-13-20)32(30,31)28-17-16-19-8-6-7-11-23(19)24(28)18-25(29)27-21-9-4-2-1-3-5-10-21/h6-8,11-15,21,24H,1-5,9-10,16-18H2,(H,27,29)/t24-/m0/s1. The Balaban J connectivity index is 1.58. The van der Waals surface area contributed by atoms with E-state index in [1.54, 1.807) is 12.1 Å². The summed E-state index contributed by atoms with van der Waals surface area (Å²) in [5, 5.41) is 3.70. The van der Waals surface area contributed by atoms with Crippen molar-refractivity contribution < 1.29 is 13.2 Å². The molecule has 0 aromatic heterocycles. The van der Waals surface area contributed by atoms with Crippen LogP contribution in [0.4, 0.5) is 0 Å². The minimum Gasteiger partial charge on any atom is -0.353 e. The molecule has 0 saturated heterocycles. The number of carbonyl (C=O) groups excluding carboxylic acids is 1. The maximum atomic E-state index is 13.5. The topological polar surface area (TPSA) is 66.5 Å². The maximum Gasteiger partial charge on any atom is 0.243 e. The summed E-state index contributed by atoms with van der Waals surface area (Å²) in [6, 6.07) is 13.8. The van der Waals surface area contributed by atoms with Crippen molar-refractivity contribution in [2.24, 2.45) is 0 Å². The smallest absolute Gasteiger partial charge is 0.243 e. The molecule has 2 aromatic carbocycles. The lowest BCUT2D eigenvalue weighted by Crippen LogP contribution is -2.43. The highest BCUT2D eigenvalue weighted by Gasteiger charge is 2.37. The number of rotatable bonds is 5. The average molecular weight is 475 g/mol. The Kier molecular flexibility index (Phi) is 7.54. The van der Waals surface area contributed by atoms with E-state index in [1.165, 1.54) is 35.7 Å². The second-order valence-electron chi connectivity index (χ2n) is 8.85. The summed E-state index contributed by atoms with van der Waals surface area (Å²) in [5.41, 5.74) is 2.03. The number of amides is 1. The zero-order valence-electron chi connectivity index (χ0n) is 18.3. The molecule has 5 nitrogen and oxygen atoms in total. The van der Waals surface area contributed by atoms with Crippen molar-refractivity contribution in [1.29, 1.82) is 0 Å². The van der Waals surface area contributed by atoms with Crippen molar-refractivity contribution in [2.75, 3.05) is 6.54 Å². The Morgan fingerprint density at radius 3 is 2.34 bits per heavy atom. The van der Waals surface area contributed by atoms with E-state index in [4.69, 9.17) is 11.6 Å². The van der Waals surface area contributed by atoms with Gasteiger partial charge in [-0.05, 0) is 54.7 Å². The van der Waals surface area contributed by atoms with Gasteiger partial charge in [-0.1, -0.05) is 68.0 Å². The van der Waals surface area contributed by atoms with Crippen LogP contribution in [0.5, 0.6) is 0 Å². The van der Waals surface area contributed by atoms with Gasteiger partial charge in [0.25, 0.3) is 0 Å². The highest BCUT2D eigenvalue weighted by molar-refractivity contribution is 7.89. The third-order valence-electron chi connectivity index (χ3n) is 6.63. The van der Waals surface area contributed by atoms with Crippen molar-refractivity contribution in [1.82, 2.24) is 9.62 Å². The lowest BCUT2D eigenvalue weighted by Gasteiger charge is -2.36. The molecule has 1 saturated carbocycles. The second-order valence-corrected chi connectivity index (χ2v) is 11.2. The molecule has 1 aliphatic carbocycles. The molecular weight excluding hydrogens is 444 g/mol. The highest BCUT2D eigenvalue weighted by Crippen LogP contribution is 2.36. The number of benzene rings is 2. The molecule has 172 valence electrons. The molecule has 2 aromatic rings. The van der Waals surface area contributed by atoms with Crippen molar-refractivity contribution in [3.05, 3.63) is 64.7 Å². The first kappa shape index (κ1) is 23.3. The van der Waals surface area contributed by atoms with Gasteiger partial charge in [0, 0.05) is 24.0 Å². The zero-order valence-corrected chi connectivity index (χ0v) is 19.9. The largest absolute Gasteiger partial charge is 0.353 e. The van der Waals surface area contributed by atoms with Gasteiger partial charge in [-0.3, -0.25) is 4.79 Å². The highest BCUT2D eigenvalue weighted by atomic mass is 35.5. The summed E-state index contributed by atoms with van der Waals surface area (Å²) in [6.07, 6.45) is 8.73. The Morgan fingerprint density at radius 2 is 1.62 bits per heavy atom. The van der Waals surface area contributed by atoms with E-state index < -0.39 is 16.1 Å². The number of carbonyl (C=O) groups is 1. The molecule has 1 aliphatic heterocycles. The number of fused-ring (bicyclic) bond motifs is 1. The molecule has 1 fully saturated rings. The predicted octanol–water partition coefficient (Wildman–Crippen LogP) is 5.25. The van der Waals surface area contributed by atoms with Crippen LogP contribution < -0.4 is 5.32 Å².